The second-order valence-corrected chi connectivity index (χ2v) is 3.38. The van der Waals surface area contributed by atoms with Crippen molar-refractivity contribution in [2.45, 2.75) is 32.0 Å². The van der Waals surface area contributed by atoms with Crippen LogP contribution >= 0.6 is 0 Å². The highest BCUT2D eigenvalue weighted by Crippen LogP contribution is 2.28. The summed E-state index contributed by atoms with van der Waals surface area (Å²) in [5, 5.41) is 0. The third-order valence-electron chi connectivity index (χ3n) is 2.05. The molecule has 0 spiro atoms. The van der Waals surface area contributed by atoms with Gasteiger partial charge < -0.3 is 4.90 Å². The Hall–Kier alpha value is -0.110. The Kier molecular flexibility index (Phi) is 1.51. The van der Waals surface area contributed by atoms with Crippen molar-refractivity contribution in [3.05, 3.63) is 0 Å². The van der Waals surface area contributed by atoms with Gasteiger partial charge in [-0.15, -0.1) is 0 Å². The fourth-order valence-electron chi connectivity index (χ4n) is 1.51. The van der Waals surface area contributed by atoms with Crippen molar-refractivity contribution in [1.82, 2.24) is 4.90 Å². The summed E-state index contributed by atoms with van der Waals surface area (Å²) in [5.74, 6) is 0. The van der Waals surface area contributed by atoms with Gasteiger partial charge in [-0.1, -0.05) is 0 Å². The molecule has 0 radical (unpaired) electrons. The summed E-state index contributed by atoms with van der Waals surface area (Å²) in [6.45, 7) is 4.33. The van der Waals surface area contributed by atoms with Crippen LogP contribution in [0.1, 0.15) is 20.3 Å². The molecule has 1 nitrogen and oxygen atoms in total. The Morgan fingerprint density at radius 2 is 2.22 bits per heavy atom. The number of nitrogens with zero attached hydrogens (tertiary/aromatic N) is 1. The van der Waals surface area contributed by atoms with Crippen LogP contribution in [0.25, 0.3) is 0 Å². The zero-order valence-electron chi connectivity index (χ0n) is 6.32. The highest BCUT2D eigenvalue weighted by Gasteiger charge is 2.36. The molecule has 0 aromatic carbocycles. The van der Waals surface area contributed by atoms with Crippen LogP contribution in [0.4, 0.5) is 4.39 Å². The van der Waals surface area contributed by atoms with Gasteiger partial charge >= 0.3 is 0 Å². The molecule has 1 fully saturated rings. The molecule has 0 bridgehead atoms. The smallest absolute Gasteiger partial charge is 0.122 e. The molecule has 1 rings (SSSR count). The van der Waals surface area contributed by atoms with Gasteiger partial charge in [0, 0.05) is 12.6 Å². The predicted octanol–water partition coefficient (Wildman–Crippen LogP) is 1.44. The van der Waals surface area contributed by atoms with E-state index in [0.717, 1.165) is 0 Å². The maximum atomic E-state index is 13.1. The van der Waals surface area contributed by atoms with E-state index < -0.39 is 5.67 Å². The third kappa shape index (κ3) is 1.42. The van der Waals surface area contributed by atoms with Crippen LogP contribution in [0.2, 0.25) is 0 Å². The first-order valence-corrected chi connectivity index (χ1v) is 3.40. The Morgan fingerprint density at radius 1 is 1.67 bits per heavy atom. The van der Waals surface area contributed by atoms with Crippen LogP contribution < -0.4 is 0 Å². The van der Waals surface area contributed by atoms with E-state index in [-0.39, 0.29) is 0 Å². The summed E-state index contributed by atoms with van der Waals surface area (Å²) < 4.78 is 13.1. The molecule has 0 N–H and O–H groups in total. The summed E-state index contributed by atoms with van der Waals surface area (Å²) in [4.78, 5) is 2.06. The number of halogens is 1. The normalized spacial score (nSPS) is 46.0. The van der Waals surface area contributed by atoms with Crippen molar-refractivity contribution in [1.29, 1.82) is 0 Å². The summed E-state index contributed by atoms with van der Waals surface area (Å²) in [6, 6.07) is 0.417. The highest BCUT2D eigenvalue weighted by atomic mass is 19.1. The van der Waals surface area contributed by atoms with Crippen molar-refractivity contribution in [2.24, 2.45) is 0 Å². The second-order valence-electron chi connectivity index (χ2n) is 3.38. The van der Waals surface area contributed by atoms with Gasteiger partial charge in [0.05, 0.1) is 0 Å². The van der Waals surface area contributed by atoms with Crippen LogP contribution in [0.3, 0.4) is 0 Å². The van der Waals surface area contributed by atoms with Crippen LogP contribution in [0.5, 0.6) is 0 Å². The molecular formula is C7H14FN. The minimum Gasteiger partial charge on any atom is -0.300 e. The summed E-state index contributed by atoms with van der Waals surface area (Å²) in [6.07, 6.45) is 0.684. The van der Waals surface area contributed by atoms with E-state index in [9.17, 15) is 4.39 Å². The molecule has 1 aliphatic heterocycles. The van der Waals surface area contributed by atoms with Gasteiger partial charge in [-0.3, -0.25) is 0 Å². The van der Waals surface area contributed by atoms with Crippen molar-refractivity contribution in [3.8, 4) is 0 Å². The van der Waals surface area contributed by atoms with Gasteiger partial charge in [0.2, 0.25) is 0 Å². The molecule has 54 valence electrons. The molecule has 9 heavy (non-hydrogen) atoms. The Morgan fingerprint density at radius 3 is 2.33 bits per heavy atom. The SMILES string of the molecule is C[C@H]1CC(C)(F)CN1C. The van der Waals surface area contributed by atoms with Crippen molar-refractivity contribution in [2.75, 3.05) is 13.6 Å². The van der Waals surface area contributed by atoms with E-state index >= 15 is 0 Å². The number of alkyl halides is 1. The van der Waals surface area contributed by atoms with Crippen LogP contribution in [0, 0.1) is 0 Å². The Bertz CT molecular complexity index is 99.5. The zero-order chi connectivity index (χ0) is 7.07. The van der Waals surface area contributed by atoms with Gasteiger partial charge in [0.15, 0.2) is 0 Å². The first kappa shape index (κ1) is 7.00. The Labute approximate surface area is 55.8 Å². The topological polar surface area (TPSA) is 3.24 Å². The average Bonchev–Trinajstić information content (AvgIpc) is 1.79. The molecule has 0 aromatic rings. The van der Waals surface area contributed by atoms with E-state index in [0.29, 0.717) is 19.0 Å². The van der Waals surface area contributed by atoms with E-state index in [1.54, 1.807) is 6.92 Å². The standard InChI is InChI=1S/C7H14FN/c1-6-4-7(2,8)5-9(6)3/h6H,4-5H2,1-3H3/t6-,7?/m0/s1. The maximum absolute atomic E-state index is 13.1. The van der Waals surface area contributed by atoms with Crippen molar-refractivity contribution < 1.29 is 4.39 Å². The van der Waals surface area contributed by atoms with Gasteiger partial charge in [-0.05, 0) is 27.3 Å². The highest BCUT2D eigenvalue weighted by molar-refractivity contribution is 4.89. The lowest BCUT2D eigenvalue weighted by atomic mass is 10.1. The number of hydrogen-bond acceptors (Lipinski definition) is 1. The lowest BCUT2D eigenvalue weighted by Gasteiger charge is -2.12. The molecule has 0 saturated carbocycles. The van der Waals surface area contributed by atoms with E-state index in [2.05, 4.69) is 11.8 Å². The van der Waals surface area contributed by atoms with Gasteiger partial charge in [0.1, 0.15) is 5.67 Å². The molecule has 1 aliphatic rings. The van der Waals surface area contributed by atoms with E-state index in [4.69, 9.17) is 0 Å². The molecule has 0 aromatic heterocycles. The van der Waals surface area contributed by atoms with Crippen molar-refractivity contribution >= 4 is 0 Å². The van der Waals surface area contributed by atoms with Gasteiger partial charge in [-0.2, -0.15) is 0 Å². The zero-order valence-corrected chi connectivity index (χ0v) is 6.32. The molecule has 2 atom stereocenters. The van der Waals surface area contributed by atoms with E-state index in [1.165, 1.54) is 0 Å². The fourth-order valence-corrected chi connectivity index (χ4v) is 1.51. The predicted molar refractivity (Wildman–Crippen MR) is 36.2 cm³/mol. The third-order valence-corrected chi connectivity index (χ3v) is 2.05. The van der Waals surface area contributed by atoms with Crippen LogP contribution in [-0.2, 0) is 0 Å². The molecule has 2 heteroatoms. The lowest BCUT2D eigenvalue weighted by Crippen LogP contribution is -2.24. The van der Waals surface area contributed by atoms with Gasteiger partial charge in [0.25, 0.3) is 0 Å². The van der Waals surface area contributed by atoms with Gasteiger partial charge in [-0.25, -0.2) is 4.39 Å². The summed E-state index contributed by atoms with van der Waals surface area (Å²) >= 11 is 0. The quantitative estimate of drug-likeness (QED) is 0.481. The molecule has 1 unspecified atom stereocenters. The maximum Gasteiger partial charge on any atom is 0.122 e. The second kappa shape index (κ2) is 1.94. The minimum atomic E-state index is -0.936. The molecule has 0 aliphatic carbocycles. The summed E-state index contributed by atoms with van der Waals surface area (Å²) in [7, 11) is 1.97. The molecule has 0 amide bonds. The molecule has 1 saturated heterocycles. The minimum absolute atomic E-state index is 0.417. The lowest BCUT2D eigenvalue weighted by molar-refractivity contribution is 0.198. The number of rotatable bonds is 0. The first-order valence-electron chi connectivity index (χ1n) is 3.40. The average molecular weight is 131 g/mol. The van der Waals surface area contributed by atoms with Crippen molar-refractivity contribution in [3.63, 3.8) is 0 Å². The fraction of sp³-hybridized carbons (Fsp3) is 1.00. The molecular weight excluding hydrogens is 117 g/mol. The molecule has 1 heterocycles. The first-order chi connectivity index (χ1) is 4.01. The van der Waals surface area contributed by atoms with E-state index in [1.807, 2.05) is 7.05 Å². The summed E-state index contributed by atoms with van der Waals surface area (Å²) in [5.41, 5.74) is -0.936. The number of likely N-dealkylation sites (tertiary alicyclic amines) is 1. The van der Waals surface area contributed by atoms with Crippen LogP contribution in [-0.4, -0.2) is 30.2 Å². The van der Waals surface area contributed by atoms with Crippen LogP contribution in [0.15, 0.2) is 0 Å². The largest absolute Gasteiger partial charge is 0.300 e. The number of hydrogen-bond donors (Lipinski definition) is 0. The monoisotopic (exact) mass is 131 g/mol. The Balaban J connectivity index is 2.54.